The number of ether oxygens (including phenoxy) is 1. The molecule has 0 saturated heterocycles. The summed E-state index contributed by atoms with van der Waals surface area (Å²) in [6, 6.07) is 8.94. The average molecular weight is 300 g/mol. The molecule has 21 heavy (non-hydrogen) atoms. The van der Waals surface area contributed by atoms with Crippen LogP contribution in [-0.4, -0.2) is 38.2 Å². The molecule has 106 valence electrons. The molecule has 0 atom stereocenters. The van der Waals surface area contributed by atoms with Crippen LogP contribution in [0.2, 0.25) is 0 Å². The predicted molar refractivity (Wildman–Crippen MR) is 78.8 cm³/mol. The van der Waals surface area contributed by atoms with E-state index >= 15 is 0 Å². The first-order valence-corrected chi connectivity index (χ1v) is 7.23. The molecule has 0 aliphatic carbocycles. The maximum atomic E-state index is 12.2. The molecule has 1 aromatic carbocycles. The Morgan fingerprint density at radius 2 is 2.19 bits per heavy atom. The third-order valence-corrected chi connectivity index (χ3v) is 3.67. The zero-order valence-corrected chi connectivity index (χ0v) is 12.1. The van der Waals surface area contributed by atoms with Crippen molar-refractivity contribution < 1.29 is 9.53 Å². The van der Waals surface area contributed by atoms with Gasteiger partial charge in [-0.1, -0.05) is 23.9 Å². The van der Waals surface area contributed by atoms with E-state index in [-0.39, 0.29) is 11.5 Å². The number of rotatable bonds is 5. The van der Waals surface area contributed by atoms with Crippen molar-refractivity contribution in [1.82, 2.24) is 19.6 Å². The minimum Gasteiger partial charge on any atom is -0.496 e. The molecule has 6 nitrogen and oxygen atoms in total. The van der Waals surface area contributed by atoms with Crippen molar-refractivity contribution in [2.24, 2.45) is 0 Å². The number of para-hydroxylation sites is 1. The van der Waals surface area contributed by atoms with Crippen molar-refractivity contribution >= 4 is 23.3 Å². The minimum atomic E-state index is -0.0238. The monoisotopic (exact) mass is 300 g/mol. The van der Waals surface area contributed by atoms with E-state index in [0.29, 0.717) is 22.2 Å². The Morgan fingerprint density at radius 1 is 1.33 bits per heavy atom. The molecule has 0 unspecified atom stereocenters. The Hall–Kier alpha value is -2.41. The summed E-state index contributed by atoms with van der Waals surface area (Å²) in [7, 11) is 1.55. The molecule has 0 N–H and O–H groups in total. The van der Waals surface area contributed by atoms with Crippen molar-refractivity contribution in [1.29, 1.82) is 0 Å². The van der Waals surface area contributed by atoms with Crippen molar-refractivity contribution in [2.75, 3.05) is 12.9 Å². The summed E-state index contributed by atoms with van der Waals surface area (Å²) < 4.78 is 6.77. The van der Waals surface area contributed by atoms with Crippen molar-refractivity contribution in [3.05, 3.63) is 48.3 Å². The lowest BCUT2D eigenvalue weighted by atomic mass is 10.1. The van der Waals surface area contributed by atoms with Crippen LogP contribution in [-0.2, 0) is 0 Å². The first-order valence-electron chi connectivity index (χ1n) is 6.24. The van der Waals surface area contributed by atoms with E-state index in [1.165, 1.54) is 11.8 Å². The van der Waals surface area contributed by atoms with Gasteiger partial charge in [0, 0.05) is 12.4 Å². The van der Waals surface area contributed by atoms with Gasteiger partial charge in [0.05, 0.1) is 18.4 Å². The smallest absolute Gasteiger partial charge is 0.253 e. The number of methoxy groups -OCH3 is 1. The molecule has 0 spiro atoms. The van der Waals surface area contributed by atoms with E-state index < -0.39 is 0 Å². The Balaban J connectivity index is 1.73. The van der Waals surface area contributed by atoms with Gasteiger partial charge >= 0.3 is 0 Å². The topological polar surface area (TPSA) is 69.4 Å². The Kier molecular flexibility index (Phi) is 3.83. The normalized spacial score (nSPS) is 10.7. The number of carbonyl (C=O) groups is 1. The second-order valence-corrected chi connectivity index (χ2v) is 5.11. The molecule has 3 aromatic rings. The maximum absolute atomic E-state index is 12.2. The van der Waals surface area contributed by atoms with Gasteiger partial charge in [0.2, 0.25) is 5.16 Å². The third kappa shape index (κ3) is 2.87. The molecule has 7 heteroatoms. The fourth-order valence-corrected chi connectivity index (χ4v) is 2.57. The van der Waals surface area contributed by atoms with E-state index in [1.807, 2.05) is 12.1 Å². The Labute approximate surface area is 125 Å². The van der Waals surface area contributed by atoms with Crippen LogP contribution >= 0.6 is 11.8 Å². The highest BCUT2D eigenvalue weighted by atomic mass is 32.2. The summed E-state index contributed by atoms with van der Waals surface area (Å²) in [4.78, 5) is 20.6. The fraction of sp³-hybridized carbons (Fsp3) is 0.143. The number of ketones is 1. The molecule has 0 bridgehead atoms. The van der Waals surface area contributed by atoms with Gasteiger partial charge < -0.3 is 4.74 Å². The van der Waals surface area contributed by atoms with Gasteiger partial charge in [-0.3, -0.25) is 4.79 Å². The summed E-state index contributed by atoms with van der Waals surface area (Å²) in [5.74, 6) is 1.32. The molecule has 2 aromatic heterocycles. The molecule has 0 aliphatic rings. The van der Waals surface area contributed by atoms with Crippen molar-refractivity contribution in [3.8, 4) is 5.75 Å². The molecular weight excluding hydrogens is 288 g/mol. The van der Waals surface area contributed by atoms with Crippen LogP contribution in [0.4, 0.5) is 0 Å². The Morgan fingerprint density at radius 3 is 3.00 bits per heavy atom. The second kappa shape index (κ2) is 5.92. The second-order valence-electron chi connectivity index (χ2n) is 4.17. The van der Waals surface area contributed by atoms with E-state index in [9.17, 15) is 4.79 Å². The van der Waals surface area contributed by atoms with Crippen LogP contribution in [0.3, 0.4) is 0 Å². The van der Waals surface area contributed by atoms with Gasteiger partial charge in [-0.2, -0.15) is 4.98 Å². The highest BCUT2D eigenvalue weighted by Gasteiger charge is 2.13. The van der Waals surface area contributed by atoms with Gasteiger partial charge in [0.25, 0.3) is 5.78 Å². The zero-order chi connectivity index (χ0) is 14.7. The molecule has 2 heterocycles. The SMILES string of the molecule is COc1ccccc1C(=O)CSc1nc2ncccn2n1. The highest BCUT2D eigenvalue weighted by Crippen LogP contribution is 2.21. The number of benzene rings is 1. The average Bonchev–Trinajstić information content (AvgIpc) is 2.95. The number of fused-ring (bicyclic) bond motifs is 1. The summed E-state index contributed by atoms with van der Waals surface area (Å²) in [5.41, 5.74) is 0.564. The van der Waals surface area contributed by atoms with Gasteiger partial charge in [-0.05, 0) is 18.2 Å². The predicted octanol–water partition coefficient (Wildman–Crippen LogP) is 2.11. The molecule has 0 radical (unpaired) electrons. The summed E-state index contributed by atoms with van der Waals surface area (Å²) in [6.45, 7) is 0. The highest BCUT2D eigenvalue weighted by molar-refractivity contribution is 7.99. The number of thioether (sulfide) groups is 1. The maximum Gasteiger partial charge on any atom is 0.253 e. The van der Waals surface area contributed by atoms with Crippen molar-refractivity contribution in [3.63, 3.8) is 0 Å². The first-order chi connectivity index (χ1) is 10.3. The van der Waals surface area contributed by atoms with E-state index in [0.717, 1.165) is 0 Å². The number of nitrogens with zero attached hydrogens (tertiary/aromatic N) is 4. The molecule has 3 rings (SSSR count). The quantitative estimate of drug-likeness (QED) is 0.531. The standard InChI is InChI=1S/C14H12N4O2S/c1-20-12-6-3-2-5-10(12)11(19)9-21-14-16-13-15-7-4-8-18(13)17-14/h2-8H,9H2,1H3. The summed E-state index contributed by atoms with van der Waals surface area (Å²) >= 11 is 1.28. The van der Waals surface area contributed by atoms with E-state index in [1.54, 1.807) is 42.2 Å². The zero-order valence-electron chi connectivity index (χ0n) is 11.3. The van der Waals surface area contributed by atoms with Crippen molar-refractivity contribution in [2.45, 2.75) is 5.16 Å². The van der Waals surface area contributed by atoms with Crippen LogP contribution in [0.5, 0.6) is 5.75 Å². The number of hydrogen-bond acceptors (Lipinski definition) is 6. The number of hydrogen-bond donors (Lipinski definition) is 0. The molecular formula is C14H12N4O2S. The lowest BCUT2D eigenvalue weighted by Crippen LogP contribution is -2.05. The lowest BCUT2D eigenvalue weighted by Gasteiger charge is -2.05. The summed E-state index contributed by atoms with van der Waals surface area (Å²) in [5, 5.41) is 4.77. The number of carbonyl (C=O) groups excluding carboxylic acids is 1. The minimum absolute atomic E-state index is 0.0238. The third-order valence-electron chi connectivity index (χ3n) is 2.84. The van der Waals surface area contributed by atoms with Gasteiger partial charge in [0.1, 0.15) is 5.75 Å². The van der Waals surface area contributed by atoms with Crippen LogP contribution in [0.15, 0.2) is 47.9 Å². The lowest BCUT2D eigenvalue weighted by molar-refractivity contribution is 0.101. The molecule has 0 amide bonds. The van der Waals surface area contributed by atoms with Gasteiger partial charge in [0.15, 0.2) is 5.78 Å². The van der Waals surface area contributed by atoms with Crippen LogP contribution in [0.1, 0.15) is 10.4 Å². The number of aromatic nitrogens is 4. The molecule has 0 fully saturated rings. The van der Waals surface area contributed by atoms with E-state index in [4.69, 9.17) is 4.74 Å². The van der Waals surface area contributed by atoms with E-state index in [2.05, 4.69) is 15.1 Å². The molecule has 0 saturated carbocycles. The van der Waals surface area contributed by atoms with Gasteiger partial charge in [-0.25, -0.2) is 9.50 Å². The Bertz CT molecular complexity index is 754. The fourth-order valence-electron chi connectivity index (χ4n) is 1.86. The largest absolute Gasteiger partial charge is 0.496 e. The van der Waals surface area contributed by atoms with Crippen LogP contribution < -0.4 is 4.74 Å². The van der Waals surface area contributed by atoms with Crippen LogP contribution in [0.25, 0.3) is 5.78 Å². The van der Waals surface area contributed by atoms with Crippen LogP contribution in [0, 0.1) is 0 Å². The summed E-state index contributed by atoms with van der Waals surface area (Å²) in [6.07, 6.45) is 3.42. The first kappa shape index (κ1) is 13.6. The van der Waals surface area contributed by atoms with Gasteiger partial charge in [-0.15, -0.1) is 5.10 Å². The number of Topliss-reactive ketones (excluding diaryl/α,β-unsaturated/α-hetero) is 1. The molecule has 0 aliphatic heterocycles.